The largest absolute Gasteiger partial charge is 0.490 e. The first-order chi connectivity index (χ1) is 16.4. The molecule has 0 atom stereocenters. The number of imide groups is 1. The van der Waals surface area contributed by atoms with Crippen molar-refractivity contribution in [2.45, 2.75) is 13.5 Å². The second-order valence-electron chi connectivity index (χ2n) is 7.18. The van der Waals surface area contributed by atoms with E-state index in [9.17, 15) is 9.59 Å². The summed E-state index contributed by atoms with van der Waals surface area (Å²) in [6.45, 7) is 2.77. The number of carbonyl (C=O) groups excluding carboxylic acids is 2. The van der Waals surface area contributed by atoms with Crippen LogP contribution in [-0.4, -0.2) is 17.8 Å². The first-order valence-corrected chi connectivity index (χ1v) is 13.6. The van der Waals surface area contributed by atoms with Gasteiger partial charge in [-0.25, -0.2) is 4.90 Å². The minimum atomic E-state index is -0.385. The molecule has 5 nitrogen and oxygen atoms in total. The number of hydrogen-bond acceptors (Lipinski definition) is 5. The standard InChI is InChI=1S/C25H18ClI2NO4S/c1-2-32-21-11-16(10-20(28)23(21)33-14-15-6-8-18(27)9-7-15)12-22-24(30)29(25(31)34-22)19-5-3-4-17(26)13-19/h3-13H,2,14H2,1H3/b22-12+. The quantitative estimate of drug-likeness (QED) is 0.185. The number of anilines is 1. The molecular weight excluding hydrogens is 700 g/mol. The fourth-order valence-corrected chi connectivity index (χ4v) is 5.43. The molecule has 3 aromatic carbocycles. The number of amides is 2. The average molecular weight is 718 g/mol. The first kappa shape index (κ1) is 25.3. The van der Waals surface area contributed by atoms with Gasteiger partial charge in [0.15, 0.2) is 11.5 Å². The van der Waals surface area contributed by atoms with Crippen LogP contribution in [0.4, 0.5) is 10.5 Å². The molecule has 0 spiro atoms. The van der Waals surface area contributed by atoms with Crippen LogP contribution in [0.15, 0.2) is 65.6 Å². The van der Waals surface area contributed by atoms with E-state index < -0.39 is 0 Å². The van der Waals surface area contributed by atoms with Gasteiger partial charge in [-0.05, 0) is 124 Å². The topological polar surface area (TPSA) is 55.8 Å². The van der Waals surface area contributed by atoms with Crippen LogP contribution >= 0.6 is 68.5 Å². The highest BCUT2D eigenvalue weighted by molar-refractivity contribution is 14.1. The van der Waals surface area contributed by atoms with Gasteiger partial charge >= 0.3 is 0 Å². The second kappa shape index (κ2) is 11.3. The lowest BCUT2D eigenvalue weighted by Gasteiger charge is -2.15. The fraction of sp³-hybridized carbons (Fsp3) is 0.120. The van der Waals surface area contributed by atoms with E-state index in [4.69, 9.17) is 21.1 Å². The minimum Gasteiger partial charge on any atom is -0.490 e. The molecule has 0 bridgehead atoms. The van der Waals surface area contributed by atoms with Gasteiger partial charge in [-0.3, -0.25) is 9.59 Å². The summed E-state index contributed by atoms with van der Waals surface area (Å²) in [5.74, 6) is 0.842. The van der Waals surface area contributed by atoms with Gasteiger partial charge in [0.25, 0.3) is 11.1 Å². The SMILES string of the molecule is CCOc1cc(/C=C2/SC(=O)N(c3cccc(Cl)c3)C2=O)cc(I)c1OCc1ccc(I)cc1. The molecule has 0 aliphatic carbocycles. The van der Waals surface area contributed by atoms with Crippen molar-refractivity contribution in [3.8, 4) is 11.5 Å². The van der Waals surface area contributed by atoms with Gasteiger partial charge in [0.2, 0.25) is 0 Å². The summed E-state index contributed by atoms with van der Waals surface area (Å²) >= 11 is 11.4. The summed E-state index contributed by atoms with van der Waals surface area (Å²) in [6, 6.07) is 18.5. The summed E-state index contributed by atoms with van der Waals surface area (Å²) < 4.78 is 13.9. The molecule has 1 aliphatic heterocycles. The number of carbonyl (C=O) groups is 2. The van der Waals surface area contributed by atoms with Gasteiger partial charge in [0, 0.05) is 8.59 Å². The number of benzene rings is 3. The van der Waals surface area contributed by atoms with Gasteiger partial charge in [-0.1, -0.05) is 29.8 Å². The Bertz CT molecular complexity index is 1280. The van der Waals surface area contributed by atoms with Gasteiger partial charge in [-0.2, -0.15) is 0 Å². The molecule has 0 unspecified atom stereocenters. The van der Waals surface area contributed by atoms with Crippen molar-refractivity contribution >= 4 is 91.5 Å². The van der Waals surface area contributed by atoms with Crippen LogP contribution in [-0.2, 0) is 11.4 Å². The van der Waals surface area contributed by atoms with E-state index in [1.165, 1.54) is 0 Å². The van der Waals surface area contributed by atoms with Crippen LogP contribution < -0.4 is 14.4 Å². The predicted octanol–water partition coefficient (Wildman–Crippen LogP) is 7.77. The van der Waals surface area contributed by atoms with Crippen LogP contribution in [0.2, 0.25) is 5.02 Å². The van der Waals surface area contributed by atoms with E-state index in [0.717, 1.165) is 34.9 Å². The van der Waals surface area contributed by atoms with Crippen molar-refractivity contribution in [2.24, 2.45) is 0 Å². The highest BCUT2D eigenvalue weighted by Gasteiger charge is 2.36. The maximum atomic E-state index is 13.0. The van der Waals surface area contributed by atoms with Crippen LogP contribution in [0.25, 0.3) is 6.08 Å². The van der Waals surface area contributed by atoms with E-state index in [1.54, 1.807) is 30.3 Å². The van der Waals surface area contributed by atoms with Crippen molar-refractivity contribution < 1.29 is 19.1 Å². The normalized spacial score (nSPS) is 14.7. The summed E-state index contributed by atoms with van der Waals surface area (Å²) in [5, 5.41) is 0.0907. The van der Waals surface area contributed by atoms with E-state index in [0.29, 0.717) is 40.3 Å². The Hall–Kier alpha value is -1.76. The zero-order chi connectivity index (χ0) is 24.2. The molecule has 34 heavy (non-hydrogen) atoms. The lowest BCUT2D eigenvalue weighted by Crippen LogP contribution is -2.27. The summed E-state index contributed by atoms with van der Waals surface area (Å²) in [5.41, 5.74) is 2.24. The Kier molecular flexibility index (Phi) is 8.43. The van der Waals surface area contributed by atoms with Crippen LogP contribution in [0.3, 0.4) is 0 Å². The van der Waals surface area contributed by atoms with Crippen molar-refractivity contribution in [3.05, 3.63) is 88.9 Å². The number of nitrogens with zero attached hydrogens (tertiary/aromatic N) is 1. The highest BCUT2D eigenvalue weighted by Crippen LogP contribution is 2.39. The number of hydrogen-bond donors (Lipinski definition) is 0. The zero-order valence-corrected chi connectivity index (χ0v) is 23.8. The lowest BCUT2D eigenvalue weighted by atomic mass is 10.1. The third-order valence-corrected chi connectivity index (χ3v) is 7.41. The number of rotatable bonds is 7. The Morgan fingerprint density at radius 3 is 2.50 bits per heavy atom. The van der Waals surface area contributed by atoms with Crippen LogP contribution in [0.5, 0.6) is 11.5 Å². The average Bonchev–Trinajstić information content (AvgIpc) is 3.07. The van der Waals surface area contributed by atoms with Gasteiger partial charge in [0.05, 0.1) is 20.8 Å². The van der Waals surface area contributed by atoms with Crippen LogP contribution in [0, 0.1) is 7.14 Å². The molecule has 174 valence electrons. The van der Waals surface area contributed by atoms with E-state index >= 15 is 0 Å². The summed E-state index contributed by atoms with van der Waals surface area (Å²) in [7, 11) is 0. The molecular formula is C25H18ClI2NO4S. The number of halogens is 3. The maximum absolute atomic E-state index is 13.0. The molecule has 1 fully saturated rings. The molecule has 9 heteroatoms. The molecule has 2 amide bonds. The third-order valence-electron chi connectivity index (χ3n) is 4.79. The smallest absolute Gasteiger partial charge is 0.298 e. The molecule has 4 rings (SSSR count). The minimum absolute atomic E-state index is 0.329. The molecule has 1 saturated heterocycles. The number of thioether (sulfide) groups is 1. The van der Waals surface area contributed by atoms with Crippen LogP contribution in [0.1, 0.15) is 18.1 Å². The predicted molar refractivity (Wildman–Crippen MR) is 154 cm³/mol. The molecule has 3 aromatic rings. The first-order valence-electron chi connectivity index (χ1n) is 10.2. The van der Waals surface area contributed by atoms with Gasteiger partial charge in [-0.15, -0.1) is 0 Å². The Morgan fingerprint density at radius 1 is 1.03 bits per heavy atom. The highest BCUT2D eigenvalue weighted by atomic mass is 127. The fourth-order valence-electron chi connectivity index (χ4n) is 3.27. The zero-order valence-electron chi connectivity index (χ0n) is 17.9. The molecule has 1 aliphatic rings. The maximum Gasteiger partial charge on any atom is 0.298 e. The number of ether oxygens (including phenoxy) is 2. The molecule has 0 radical (unpaired) electrons. The molecule has 1 heterocycles. The van der Waals surface area contributed by atoms with Crippen molar-refractivity contribution in [1.29, 1.82) is 0 Å². The van der Waals surface area contributed by atoms with E-state index in [2.05, 4.69) is 45.2 Å². The molecule has 0 aromatic heterocycles. The summed E-state index contributed by atoms with van der Waals surface area (Å²) in [6.07, 6.45) is 1.70. The molecule has 0 saturated carbocycles. The Morgan fingerprint density at radius 2 is 1.79 bits per heavy atom. The Labute approximate surface area is 234 Å². The second-order valence-corrected chi connectivity index (χ2v) is 11.0. The van der Waals surface area contributed by atoms with E-state index in [-0.39, 0.29) is 11.1 Å². The molecule has 0 N–H and O–H groups in total. The van der Waals surface area contributed by atoms with Crippen molar-refractivity contribution in [1.82, 2.24) is 0 Å². The lowest BCUT2D eigenvalue weighted by molar-refractivity contribution is -0.113. The van der Waals surface area contributed by atoms with Crippen molar-refractivity contribution in [3.63, 3.8) is 0 Å². The van der Waals surface area contributed by atoms with Gasteiger partial charge < -0.3 is 9.47 Å². The Balaban J connectivity index is 1.60. The van der Waals surface area contributed by atoms with Crippen molar-refractivity contribution in [2.75, 3.05) is 11.5 Å². The summed E-state index contributed by atoms with van der Waals surface area (Å²) in [4.78, 5) is 27.0. The third kappa shape index (κ3) is 5.89. The monoisotopic (exact) mass is 717 g/mol. The van der Waals surface area contributed by atoms with Gasteiger partial charge in [0.1, 0.15) is 6.61 Å². The van der Waals surface area contributed by atoms with E-state index in [1.807, 2.05) is 43.3 Å².